The molecule has 10 nitrogen and oxygen atoms in total. The van der Waals surface area contributed by atoms with Gasteiger partial charge < -0.3 is 10.3 Å². The fourth-order valence-electron chi connectivity index (χ4n) is 3.24. The lowest BCUT2D eigenvalue weighted by atomic mass is 10.3. The highest BCUT2D eigenvalue weighted by atomic mass is 79.9. The van der Waals surface area contributed by atoms with Crippen molar-refractivity contribution in [2.75, 3.05) is 5.33 Å². The number of nitrogens with one attached hydrogen (secondary N) is 3. The van der Waals surface area contributed by atoms with Gasteiger partial charge >= 0.3 is 5.69 Å². The van der Waals surface area contributed by atoms with Crippen molar-refractivity contribution in [3.63, 3.8) is 0 Å². The van der Waals surface area contributed by atoms with E-state index in [0.29, 0.717) is 29.8 Å². The number of aryl methyl sites for hydroxylation is 1. The molecule has 190 valence electrons. The zero-order chi connectivity index (χ0) is 26.0. The summed E-state index contributed by atoms with van der Waals surface area (Å²) < 4.78 is 2.71. The molecular weight excluding hydrogens is 514 g/mol. The Balaban J connectivity index is 0.00000137. The number of amides is 1. The average molecular weight is 548 g/mol. The summed E-state index contributed by atoms with van der Waals surface area (Å²) in [6, 6.07) is 1.77. The van der Waals surface area contributed by atoms with Crippen LogP contribution < -0.4 is 16.6 Å². The summed E-state index contributed by atoms with van der Waals surface area (Å²) in [4.78, 5) is 47.2. The molecule has 3 aromatic rings. The van der Waals surface area contributed by atoms with E-state index in [2.05, 4.69) is 55.1 Å². The van der Waals surface area contributed by atoms with Crippen molar-refractivity contribution in [1.82, 2.24) is 34.6 Å². The van der Waals surface area contributed by atoms with Crippen LogP contribution in [0.4, 0.5) is 0 Å². The second-order valence-electron chi connectivity index (χ2n) is 7.90. The van der Waals surface area contributed by atoms with Crippen LogP contribution in [0.5, 0.6) is 0 Å². The second-order valence-corrected chi connectivity index (χ2v) is 8.55. The molecule has 1 amide bonds. The Hall–Kier alpha value is -3.21. The third-order valence-corrected chi connectivity index (χ3v) is 5.07. The third-order valence-electron chi connectivity index (χ3n) is 4.69. The number of alkyl halides is 1. The number of nitrogens with zero attached hydrogens (tertiary/aromatic N) is 4. The molecule has 0 spiro atoms. The zero-order valence-corrected chi connectivity index (χ0v) is 22.5. The first-order chi connectivity index (χ1) is 16.8. The topological polar surface area (TPSA) is 130 Å². The number of aromatic nitrogens is 6. The molecule has 3 rings (SSSR count). The van der Waals surface area contributed by atoms with Gasteiger partial charge in [-0.05, 0) is 31.9 Å². The number of rotatable bonds is 9. The van der Waals surface area contributed by atoms with Crippen LogP contribution in [0.15, 0.2) is 39.6 Å². The van der Waals surface area contributed by atoms with Gasteiger partial charge in [0.2, 0.25) is 5.91 Å². The summed E-state index contributed by atoms with van der Waals surface area (Å²) in [6.45, 7) is 10.3. The average Bonchev–Trinajstić information content (AvgIpc) is 3.39. The lowest BCUT2D eigenvalue weighted by Gasteiger charge is -2.07. The molecule has 0 saturated carbocycles. The number of H-pyrrole nitrogens is 2. The monoisotopic (exact) mass is 547 g/mol. The Labute approximate surface area is 212 Å². The maximum Gasteiger partial charge on any atom is 0.330 e. The number of hydrogen-bond donors (Lipinski definition) is 3. The van der Waals surface area contributed by atoms with E-state index in [4.69, 9.17) is 0 Å². The molecule has 3 heterocycles. The minimum absolute atomic E-state index is 0.0232. The van der Waals surface area contributed by atoms with Crippen molar-refractivity contribution in [3.8, 4) is 11.5 Å². The molecule has 0 unspecified atom stereocenters. The van der Waals surface area contributed by atoms with Gasteiger partial charge in [-0.25, -0.2) is 9.78 Å². The Morgan fingerprint density at radius 1 is 1.20 bits per heavy atom. The second kappa shape index (κ2) is 13.6. The molecule has 35 heavy (non-hydrogen) atoms. The molecule has 0 bridgehead atoms. The maximum atomic E-state index is 12.6. The summed E-state index contributed by atoms with van der Waals surface area (Å²) >= 11 is 3.33. The molecule has 0 aliphatic heterocycles. The van der Waals surface area contributed by atoms with Gasteiger partial charge in [0.25, 0.3) is 5.56 Å². The van der Waals surface area contributed by atoms with Crippen molar-refractivity contribution in [2.45, 2.75) is 67.0 Å². The summed E-state index contributed by atoms with van der Waals surface area (Å²) in [6.07, 6.45) is 8.37. The molecule has 0 aliphatic rings. The number of carbonyl (C=O) groups excluding carboxylic acids is 1. The van der Waals surface area contributed by atoms with Crippen LogP contribution in [0.25, 0.3) is 22.7 Å². The van der Waals surface area contributed by atoms with Gasteiger partial charge in [0, 0.05) is 23.3 Å². The van der Waals surface area contributed by atoms with E-state index >= 15 is 0 Å². The van der Waals surface area contributed by atoms with Crippen LogP contribution in [0, 0.1) is 6.92 Å². The van der Waals surface area contributed by atoms with Crippen molar-refractivity contribution < 1.29 is 4.79 Å². The van der Waals surface area contributed by atoms with Crippen LogP contribution in [-0.4, -0.2) is 40.5 Å². The molecule has 0 fully saturated rings. The summed E-state index contributed by atoms with van der Waals surface area (Å²) in [7, 11) is 0. The molecule has 0 aliphatic carbocycles. The highest BCUT2D eigenvalue weighted by molar-refractivity contribution is 9.09. The van der Waals surface area contributed by atoms with E-state index in [1.54, 1.807) is 10.7 Å². The van der Waals surface area contributed by atoms with Crippen LogP contribution in [0.3, 0.4) is 0 Å². The van der Waals surface area contributed by atoms with Crippen LogP contribution >= 0.6 is 15.9 Å². The van der Waals surface area contributed by atoms with Gasteiger partial charge in [-0.15, -0.1) is 0 Å². The lowest BCUT2D eigenvalue weighted by molar-refractivity contribution is -0.121. The van der Waals surface area contributed by atoms with Gasteiger partial charge in [0.05, 0.1) is 0 Å². The van der Waals surface area contributed by atoms with E-state index in [1.165, 1.54) is 6.42 Å². The van der Waals surface area contributed by atoms with Crippen molar-refractivity contribution in [1.29, 1.82) is 0 Å². The van der Waals surface area contributed by atoms with E-state index in [0.717, 1.165) is 22.4 Å². The lowest BCUT2D eigenvalue weighted by Crippen LogP contribution is -2.34. The highest BCUT2D eigenvalue weighted by Crippen LogP contribution is 2.17. The predicted molar refractivity (Wildman–Crippen MR) is 143 cm³/mol. The van der Waals surface area contributed by atoms with Crippen LogP contribution in [-0.2, 0) is 17.9 Å². The molecule has 0 saturated heterocycles. The summed E-state index contributed by atoms with van der Waals surface area (Å²) in [5.74, 6) is 0.133. The number of imidazole rings is 1. The summed E-state index contributed by atoms with van der Waals surface area (Å²) in [5, 5.41) is 8.03. The van der Waals surface area contributed by atoms with Crippen molar-refractivity contribution in [3.05, 3.63) is 56.5 Å². The fourth-order valence-corrected chi connectivity index (χ4v) is 3.42. The first-order valence-corrected chi connectivity index (χ1v) is 12.9. The number of hydrogen-bond acceptors (Lipinski definition) is 5. The van der Waals surface area contributed by atoms with Gasteiger partial charge in [0.1, 0.15) is 17.8 Å². The van der Waals surface area contributed by atoms with E-state index in [-0.39, 0.29) is 23.6 Å². The van der Waals surface area contributed by atoms with Gasteiger partial charge in [-0.3, -0.25) is 23.8 Å². The number of allylic oxidation sites excluding steroid dienone is 3. The number of carbonyl (C=O) groups is 1. The molecular formula is C24H34BrN7O3. The maximum absolute atomic E-state index is 12.6. The Morgan fingerprint density at radius 3 is 2.54 bits per heavy atom. The predicted octanol–water partition coefficient (Wildman–Crippen LogP) is 3.77. The molecule has 0 aromatic carbocycles. The van der Waals surface area contributed by atoms with Gasteiger partial charge in [-0.1, -0.05) is 62.2 Å². The minimum atomic E-state index is -0.495. The SMILES string of the molecule is CC/C=C(\C=C/CBr)NC(=O)Cn1nc(-c2nc3[nH]c(=O)n(CCC)c(=O)c3[nH]2)cc1C.CCC. The van der Waals surface area contributed by atoms with Crippen LogP contribution in [0.1, 0.15) is 52.7 Å². The van der Waals surface area contributed by atoms with Crippen molar-refractivity contribution in [2.24, 2.45) is 0 Å². The fraction of sp³-hybridized carbons (Fsp3) is 0.458. The first kappa shape index (κ1) is 28.0. The molecule has 3 N–H and O–H groups in total. The van der Waals surface area contributed by atoms with Crippen LogP contribution in [0.2, 0.25) is 0 Å². The molecule has 11 heteroatoms. The minimum Gasteiger partial charge on any atom is -0.331 e. The molecule has 0 radical (unpaired) electrons. The largest absolute Gasteiger partial charge is 0.331 e. The van der Waals surface area contributed by atoms with Gasteiger partial charge in [-0.2, -0.15) is 5.10 Å². The molecule has 3 aromatic heterocycles. The highest BCUT2D eigenvalue weighted by Gasteiger charge is 2.16. The van der Waals surface area contributed by atoms with E-state index < -0.39 is 11.2 Å². The Bertz CT molecular complexity index is 1310. The van der Waals surface area contributed by atoms with E-state index in [1.807, 2.05) is 39.0 Å². The standard InChI is InChI=1S/C21H26BrN7O3.C3H8/c1-4-7-14(8-6-9-22)23-16(30)12-29-13(3)11-15(27-29)18-24-17-19(25-18)26-21(32)28(10-5-2)20(17)31;1-3-2/h6-8,11H,4-5,9-10,12H2,1-3H3,(H,23,30)(H,24,25)(H,26,32);3H2,1-2H3/b8-6-,14-7+;. The van der Waals surface area contributed by atoms with E-state index in [9.17, 15) is 14.4 Å². The zero-order valence-electron chi connectivity index (χ0n) is 20.9. The number of fused-ring (bicyclic) bond motifs is 1. The Morgan fingerprint density at radius 2 is 1.91 bits per heavy atom. The molecule has 0 atom stereocenters. The smallest absolute Gasteiger partial charge is 0.330 e. The number of aromatic amines is 2. The Kier molecular flexibility index (Phi) is 10.9. The first-order valence-electron chi connectivity index (χ1n) is 11.8. The van der Waals surface area contributed by atoms with Crippen molar-refractivity contribution >= 4 is 33.0 Å². The quantitative estimate of drug-likeness (QED) is 0.277. The number of halogens is 1. The summed E-state index contributed by atoms with van der Waals surface area (Å²) in [5.41, 5.74) is 1.43. The third kappa shape index (κ3) is 7.38. The van der Waals surface area contributed by atoms with Gasteiger partial charge in [0.15, 0.2) is 11.5 Å². The normalized spacial score (nSPS) is 11.7.